The van der Waals surface area contributed by atoms with Crippen molar-refractivity contribution in [1.29, 1.82) is 0 Å². The number of carboxylic acids is 1. The Morgan fingerprint density at radius 2 is 0.840 bits per heavy atom. The lowest BCUT2D eigenvalue weighted by Gasteiger charge is -2.16. The van der Waals surface area contributed by atoms with Gasteiger partial charge in [-0.2, -0.15) is 0 Å². The quantitative estimate of drug-likeness (QED) is 0.288. The number of rotatable bonds is 17. The first-order valence-electron chi connectivity index (χ1n) is 10.6. The second-order valence-electron chi connectivity index (χ2n) is 8.52. The molecule has 0 aromatic rings. The molecule has 1 N–H and O–H groups in total. The van der Waals surface area contributed by atoms with Gasteiger partial charge in [-0.1, -0.05) is 97.8 Å². The standard InChI is InChI=1S/C22H42O3/c1-22(2,3)20(23)18-16-14-12-10-8-6-4-5-7-9-11-13-15-17-19-21(24)25/h4-19H2,1-3H3,(H,24,25). The monoisotopic (exact) mass is 354 g/mol. The number of unbranched alkanes of at least 4 members (excludes halogenated alkanes) is 13. The Hall–Kier alpha value is -0.860. The van der Waals surface area contributed by atoms with Gasteiger partial charge in [-0.05, 0) is 12.8 Å². The molecule has 0 aromatic heterocycles. The molecule has 0 rings (SSSR count). The Labute approximate surface area is 156 Å². The number of ketones is 1. The maximum Gasteiger partial charge on any atom is 0.303 e. The minimum atomic E-state index is -0.668. The van der Waals surface area contributed by atoms with Gasteiger partial charge in [0.15, 0.2) is 0 Å². The topological polar surface area (TPSA) is 54.4 Å². The molecule has 3 nitrogen and oxygen atoms in total. The predicted octanol–water partition coefficient (Wildman–Crippen LogP) is 6.93. The van der Waals surface area contributed by atoms with Crippen molar-refractivity contribution in [2.24, 2.45) is 5.41 Å². The summed E-state index contributed by atoms with van der Waals surface area (Å²) in [4.78, 5) is 22.2. The second kappa shape index (κ2) is 15.4. The zero-order valence-corrected chi connectivity index (χ0v) is 17.1. The summed E-state index contributed by atoms with van der Waals surface area (Å²) in [6, 6.07) is 0. The highest BCUT2D eigenvalue weighted by Crippen LogP contribution is 2.19. The summed E-state index contributed by atoms with van der Waals surface area (Å²) in [5.74, 6) is -0.271. The van der Waals surface area contributed by atoms with Crippen LogP contribution in [0.15, 0.2) is 0 Å². The van der Waals surface area contributed by atoms with Gasteiger partial charge in [0.25, 0.3) is 0 Å². The van der Waals surface area contributed by atoms with Crippen molar-refractivity contribution in [2.75, 3.05) is 0 Å². The zero-order valence-electron chi connectivity index (χ0n) is 17.1. The lowest BCUT2D eigenvalue weighted by atomic mass is 9.88. The van der Waals surface area contributed by atoms with Crippen molar-refractivity contribution in [1.82, 2.24) is 0 Å². The van der Waals surface area contributed by atoms with Crippen LogP contribution in [0.5, 0.6) is 0 Å². The second-order valence-corrected chi connectivity index (χ2v) is 8.52. The average molecular weight is 355 g/mol. The van der Waals surface area contributed by atoms with E-state index in [4.69, 9.17) is 5.11 Å². The van der Waals surface area contributed by atoms with Crippen molar-refractivity contribution in [2.45, 2.75) is 124 Å². The van der Waals surface area contributed by atoms with E-state index in [2.05, 4.69) is 0 Å². The van der Waals surface area contributed by atoms with Crippen LogP contribution >= 0.6 is 0 Å². The van der Waals surface area contributed by atoms with Crippen LogP contribution in [0.1, 0.15) is 124 Å². The maximum absolute atomic E-state index is 11.8. The molecular weight excluding hydrogens is 312 g/mol. The highest BCUT2D eigenvalue weighted by molar-refractivity contribution is 5.83. The molecule has 25 heavy (non-hydrogen) atoms. The van der Waals surface area contributed by atoms with E-state index in [9.17, 15) is 9.59 Å². The van der Waals surface area contributed by atoms with E-state index in [1.807, 2.05) is 20.8 Å². The molecular formula is C22H42O3. The van der Waals surface area contributed by atoms with Crippen LogP contribution in [-0.4, -0.2) is 16.9 Å². The van der Waals surface area contributed by atoms with E-state index >= 15 is 0 Å². The molecule has 148 valence electrons. The van der Waals surface area contributed by atoms with Gasteiger partial charge in [-0.3, -0.25) is 9.59 Å². The molecule has 0 bridgehead atoms. The molecule has 0 fully saturated rings. The summed E-state index contributed by atoms with van der Waals surface area (Å²) in [5.41, 5.74) is -0.168. The fourth-order valence-electron chi connectivity index (χ4n) is 3.06. The van der Waals surface area contributed by atoms with Crippen molar-refractivity contribution < 1.29 is 14.7 Å². The fraction of sp³-hybridized carbons (Fsp3) is 0.909. The van der Waals surface area contributed by atoms with Gasteiger partial charge in [0.05, 0.1) is 0 Å². The van der Waals surface area contributed by atoms with Gasteiger partial charge in [-0.25, -0.2) is 0 Å². The molecule has 0 unspecified atom stereocenters. The summed E-state index contributed by atoms with van der Waals surface area (Å²) in [6.45, 7) is 6.03. The minimum absolute atomic E-state index is 0.168. The Balaban J connectivity index is 3.15. The van der Waals surface area contributed by atoms with Gasteiger partial charge < -0.3 is 5.11 Å². The van der Waals surface area contributed by atoms with Gasteiger partial charge in [-0.15, -0.1) is 0 Å². The number of Topliss-reactive ketones (excluding diaryl/α,β-unsaturated/α-hetero) is 1. The van der Waals surface area contributed by atoms with Crippen molar-refractivity contribution >= 4 is 11.8 Å². The first-order valence-corrected chi connectivity index (χ1v) is 10.6. The molecule has 0 spiro atoms. The van der Waals surface area contributed by atoms with Crippen LogP contribution in [-0.2, 0) is 9.59 Å². The highest BCUT2D eigenvalue weighted by atomic mass is 16.4. The van der Waals surface area contributed by atoms with Crippen LogP contribution in [0.2, 0.25) is 0 Å². The first-order chi connectivity index (χ1) is 11.8. The van der Waals surface area contributed by atoms with Gasteiger partial charge in [0, 0.05) is 18.3 Å². The third kappa shape index (κ3) is 17.7. The molecule has 0 aliphatic rings. The molecule has 0 aliphatic carbocycles. The number of carbonyl (C=O) groups excluding carboxylic acids is 1. The summed E-state index contributed by atoms with van der Waals surface area (Å²) < 4.78 is 0. The number of hydrogen-bond donors (Lipinski definition) is 1. The normalized spacial score (nSPS) is 11.6. The van der Waals surface area contributed by atoms with Crippen LogP contribution in [0.3, 0.4) is 0 Å². The summed E-state index contributed by atoms with van der Waals surface area (Å²) >= 11 is 0. The molecule has 0 aromatic carbocycles. The first kappa shape index (κ1) is 24.1. The lowest BCUT2D eigenvalue weighted by molar-refractivity contribution is -0.137. The van der Waals surface area contributed by atoms with Crippen LogP contribution in [0.4, 0.5) is 0 Å². The van der Waals surface area contributed by atoms with Crippen LogP contribution in [0.25, 0.3) is 0 Å². The summed E-state index contributed by atoms with van der Waals surface area (Å²) in [7, 11) is 0. The van der Waals surface area contributed by atoms with E-state index < -0.39 is 5.97 Å². The highest BCUT2D eigenvalue weighted by Gasteiger charge is 2.19. The Kier molecular flexibility index (Phi) is 14.9. The molecule has 0 amide bonds. The third-order valence-corrected chi connectivity index (χ3v) is 4.88. The smallest absolute Gasteiger partial charge is 0.303 e. The molecule has 0 radical (unpaired) electrons. The third-order valence-electron chi connectivity index (χ3n) is 4.88. The number of aliphatic carboxylic acids is 1. The van der Waals surface area contributed by atoms with E-state index in [0.717, 1.165) is 25.7 Å². The number of carboxylic acid groups (broad SMARTS) is 1. The predicted molar refractivity (Wildman–Crippen MR) is 106 cm³/mol. The molecule has 3 heteroatoms. The largest absolute Gasteiger partial charge is 0.481 e. The number of carbonyl (C=O) groups is 2. The van der Waals surface area contributed by atoms with Crippen LogP contribution < -0.4 is 0 Å². The Morgan fingerprint density at radius 1 is 0.560 bits per heavy atom. The Morgan fingerprint density at radius 3 is 1.12 bits per heavy atom. The SMILES string of the molecule is CC(C)(C)C(=O)CCCCCCCCCCCCCCCCC(=O)O. The van der Waals surface area contributed by atoms with Crippen molar-refractivity contribution in [3.63, 3.8) is 0 Å². The van der Waals surface area contributed by atoms with Crippen molar-refractivity contribution in [3.8, 4) is 0 Å². The summed E-state index contributed by atoms with van der Waals surface area (Å²) in [6.07, 6.45) is 18.3. The van der Waals surface area contributed by atoms with Crippen LogP contribution in [0, 0.1) is 5.41 Å². The molecule has 0 heterocycles. The molecule has 0 saturated heterocycles. The van der Waals surface area contributed by atoms with Crippen molar-refractivity contribution in [3.05, 3.63) is 0 Å². The number of hydrogen-bond acceptors (Lipinski definition) is 2. The minimum Gasteiger partial charge on any atom is -0.481 e. The van der Waals surface area contributed by atoms with Gasteiger partial charge in [0.1, 0.15) is 5.78 Å². The van der Waals surface area contributed by atoms with E-state index in [1.165, 1.54) is 70.6 Å². The lowest BCUT2D eigenvalue weighted by Crippen LogP contribution is -2.19. The van der Waals surface area contributed by atoms with E-state index in [1.54, 1.807) is 0 Å². The molecule has 0 saturated carbocycles. The summed E-state index contributed by atoms with van der Waals surface area (Å²) in [5, 5.41) is 8.55. The molecule has 0 aliphatic heterocycles. The zero-order chi connectivity index (χ0) is 19.0. The Bertz CT molecular complexity index is 342. The molecule has 0 atom stereocenters. The average Bonchev–Trinajstić information content (AvgIpc) is 2.53. The van der Waals surface area contributed by atoms with Gasteiger partial charge >= 0.3 is 5.97 Å². The van der Waals surface area contributed by atoms with E-state index in [-0.39, 0.29) is 5.41 Å². The van der Waals surface area contributed by atoms with Gasteiger partial charge in [0.2, 0.25) is 0 Å². The fourth-order valence-corrected chi connectivity index (χ4v) is 3.06. The maximum atomic E-state index is 11.8. The van der Waals surface area contributed by atoms with E-state index in [0.29, 0.717) is 12.2 Å².